The van der Waals surface area contributed by atoms with E-state index in [-0.39, 0.29) is 11.3 Å². The number of amides is 1. The highest BCUT2D eigenvalue weighted by Gasteiger charge is 2.42. The minimum absolute atomic E-state index is 0.0498. The summed E-state index contributed by atoms with van der Waals surface area (Å²) in [7, 11) is 5.07. The maximum atomic E-state index is 13.2. The minimum Gasteiger partial charge on any atom is -0.361 e. The van der Waals surface area contributed by atoms with E-state index in [2.05, 4.69) is 10.2 Å². The fourth-order valence-corrected chi connectivity index (χ4v) is 1.94. The third kappa shape index (κ3) is 3.99. The Hall–Kier alpha value is -2.58. The number of anilines is 1. The minimum atomic E-state index is -4.62. The Balaban J connectivity index is 2.21. The molecule has 0 spiro atoms. The lowest BCUT2D eigenvalue weighted by Gasteiger charge is -2.20. The SMILES string of the molecule is CN(C)c1ccc(C(=O)NC(c2ccn(C)c2)C(F)(F)F)nn1. The van der Waals surface area contributed by atoms with Crippen LogP contribution in [0, 0.1) is 0 Å². The van der Waals surface area contributed by atoms with Gasteiger partial charge >= 0.3 is 6.18 Å². The predicted octanol–water partition coefficient (Wildman–Crippen LogP) is 1.91. The van der Waals surface area contributed by atoms with Crippen LogP contribution in [0.25, 0.3) is 0 Å². The molecule has 0 radical (unpaired) electrons. The summed E-state index contributed by atoms with van der Waals surface area (Å²) >= 11 is 0. The number of nitrogens with zero attached hydrogens (tertiary/aromatic N) is 4. The van der Waals surface area contributed by atoms with Crippen LogP contribution in [0.3, 0.4) is 0 Å². The van der Waals surface area contributed by atoms with Crippen LogP contribution in [-0.2, 0) is 7.05 Å². The normalized spacial score (nSPS) is 12.8. The third-order valence-corrected chi connectivity index (χ3v) is 3.13. The van der Waals surface area contributed by atoms with Crippen LogP contribution in [0.2, 0.25) is 0 Å². The van der Waals surface area contributed by atoms with Gasteiger partial charge in [-0.3, -0.25) is 4.79 Å². The van der Waals surface area contributed by atoms with Gasteiger partial charge in [-0.2, -0.15) is 13.2 Å². The Kier molecular flexibility index (Phi) is 4.57. The van der Waals surface area contributed by atoms with E-state index in [4.69, 9.17) is 0 Å². The van der Waals surface area contributed by atoms with Crippen LogP contribution in [0.5, 0.6) is 0 Å². The van der Waals surface area contributed by atoms with Gasteiger partial charge in [-0.25, -0.2) is 0 Å². The van der Waals surface area contributed by atoms with Crippen molar-refractivity contribution in [3.8, 4) is 0 Å². The zero-order chi connectivity index (χ0) is 17.2. The Morgan fingerprint density at radius 1 is 1.26 bits per heavy atom. The number of hydrogen-bond donors (Lipinski definition) is 1. The van der Waals surface area contributed by atoms with Gasteiger partial charge in [0.2, 0.25) is 0 Å². The first-order valence-electron chi connectivity index (χ1n) is 6.69. The molecule has 23 heavy (non-hydrogen) atoms. The van der Waals surface area contributed by atoms with Crippen LogP contribution in [0.15, 0.2) is 30.6 Å². The van der Waals surface area contributed by atoms with E-state index in [9.17, 15) is 18.0 Å². The Morgan fingerprint density at radius 2 is 1.96 bits per heavy atom. The van der Waals surface area contributed by atoms with Crippen LogP contribution >= 0.6 is 0 Å². The molecule has 1 unspecified atom stereocenters. The monoisotopic (exact) mass is 327 g/mol. The smallest absolute Gasteiger partial charge is 0.361 e. The van der Waals surface area contributed by atoms with Gasteiger partial charge in [0.15, 0.2) is 17.6 Å². The van der Waals surface area contributed by atoms with Crippen LogP contribution in [-0.4, -0.2) is 40.9 Å². The molecule has 1 N–H and O–H groups in total. The first kappa shape index (κ1) is 16.8. The average molecular weight is 327 g/mol. The maximum absolute atomic E-state index is 13.2. The number of alkyl halides is 3. The molecule has 2 rings (SSSR count). The molecule has 0 fully saturated rings. The van der Waals surface area contributed by atoms with Gasteiger partial charge in [0.05, 0.1) is 0 Å². The van der Waals surface area contributed by atoms with Crippen molar-refractivity contribution in [3.05, 3.63) is 41.9 Å². The molecule has 0 bridgehead atoms. The predicted molar refractivity (Wildman–Crippen MR) is 78.0 cm³/mol. The van der Waals surface area contributed by atoms with Crippen molar-refractivity contribution in [2.45, 2.75) is 12.2 Å². The van der Waals surface area contributed by atoms with Gasteiger partial charge in [0.1, 0.15) is 0 Å². The molecular formula is C14H16F3N5O. The van der Waals surface area contributed by atoms with Crippen molar-refractivity contribution in [3.63, 3.8) is 0 Å². The summed E-state index contributed by atoms with van der Waals surface area (Å²) in [4.78, 5) is 13.7. The van der Waals surface area contributed by atoms with Gasteiger partial charge in [0.25, 0.3) is 5.91 Å². The lowest BCUT2D eigenvalue weighted by Crippen LogP contribution is -2.38. The summed E-state index contributed by atoms with van der Waals surface area (Å²) in [5.41, 5.74) is -0.230. The summed E-state index contributed by atoms with van der Waals surface area (Å²) in [6, 6.07) is 2.04. The highest BCUT2D eigenvalue weighted by molar-refractivity contribution is 5.92. The van der Waals surface area contributed by atoms with Gasteiger partial charge in [-0.15, -0.1) is 10.2 Å². The van der Waals surface area contributed by atoms with Crippen molar-refractivity contribution >= 4 is 11.7 Å². The molecule has 1 atom stereocenters. The quantitative estimate of drug-likeness (QED) is 0.932. The Bertz CT molecular complexity index is 678. The first-order chi connectivity index (χ1) is 10.7. The van der Waals surface area contributed by atoms with Crippen molar-refractivity contribution in [1.82, 2.24) is 20.1 Å². The molecular weight excluding hydrogens is 311 g/mol. The molecule has 0 aromatic carbocycles. The molecule has 0 saturated carbocycles. The molecule has 0 aliphatic heterocycles. The number of carbonyl (C=O) groups is 1. The van der Waals surface area contributed by atoms with Gasteiger partial charge in [0, 0.05) is 39.1 Å². The van der Waals surface area contributed by atoms with Crippen molar-refractivity contribution in [1.29, 1.82) is 0 Å². The van der Waals surface area contributed by atoms with Crippen LogP contribution in [0.4, 0.5) is 19.0 Å². The molecule has 124 valence electrons. The fourth-order valence-electron chi connectivity index (χ4n) is 1.94. The maximum Gasteiger partial charge on any atom is 0.412 e. The van der Waals surface area contributed by atoms with E-state index in [1.165, 1.54) is 35.2 Å². The summed E-state index contributed by atoms with van der Waals surface area (Å²) < 4.78 is 41.1. The van der Waals surface area contributed by atoms with Crippen LogP contribution in [0.1, 0.15) is 22.1 Å². The lowest BCUT2D eigenvalue weighted by atomic mass is 10.1. The number of aryl methyl sites for hydroxylation is 1. The summed E-state index contributed by atoms with van der Waals surface area (Å²) in [5, 5.41) is 9.39. The summed E-state index contributed by atoms with van der Waals surface area (Å²) in [5.74, 6) is -0.439. The van der Waals surface area contributed by atoms with Crippen LogP contribution < -0.4 is 10.2 Å². The molecule has 6 nitrogen and oxygen atoms in total. The average Bonchev–Trinajstić information content (AvgIpc) is 2.89. The standard InChI is InChI=1S/C14H16F3N5O/c1-21(2)11-5-4-10(19-20-11)13(23)18-12(14(15,16)17)9-6-7-22(3)8-9/h4-8,12H,1-3H3,(H,18,23). The second-order valence-corrected chi connectivity index (χ2v) is 5.23. The number of nitrogens with one attached hydrogen (secondary N) is 1. The summed E-state index contributed by atoms with van der Waals surface area (Å²) in [6.07, 6.45) is -1.83. The Morgan fingerprint density at radius 3 is 2.39 bits per heavy atom. The second-order valence-electron chi connectivity index (χ2n) is 5.23. The van der Waals surface area contributed by atoms with Gasteiger partial charge < -0.3 is 14.8 Å². The third-order valence-electron chi connectivity index (χ3n) is 3.13. The Labute approximate surface area is 130 Å². The molecule has 1 amide bonds. The highest BCUT2D eigenvalue weighted by atomic mass is 19.4. The molecule has 2 aromatic heterocycles. The van der Waals surface area contributed by atoms with E-state index in [1.54, 1.807) is 26.0 Å². The largest absolute Gasteiger partial charge is 0.412 e. The molecule has 9 heteroatoms. The van der Waals surface area contributed by atoms with E-state index in [0.29, 0.717) is 5.82 Å². The number of halogens is 3. The zero-order valence-electron chi connectivity index (χ0n) is 12.8. The molecule has 0 aliphatic rings. The van der Waals surface area contributed by atoms with Gasteiger partial charge in [-0.05, 0) is 18.2 Å². The fraction of sp³-hybridized carbons (Fsp3) is 0.357. The summed E-state index contributed by atoms with van der Waals surface area (Å²) in [6.45, 7) is 0. The van der Waals surface area contributed by atoms with Crippen molar-refractivity contribution in [2.75, 3.05) is 19.0 Å². The van der Waals surface area contributed by atoms with E-state index in [1.807, 2.05) is 5.32 Å². The van der Waals surface area contributed by atoms with E-state index in [0.717, 1.165) is 0 Å². The number of hydrogen-bond acceptors (Lipinski definition) is 4. The molecule has 2 heterocycles. The number of aromatic nitrogens is 3. The topological polar surface area (TPSA) is 63.1 Å². The van der Waals surface area contributed by atoms with E-state index >= 15 is 0 Å². The van der Waals surface area contributed by atoms with Crippen molar-refractivity contribution in [2.24, 2.45) is 7.05 Å². The van der Waals surface area contributed by atoms with E-state index < -0.39 is 18.1 Å². The number of rotatable bonds is 4. The molecule has 2 aromatic rings. The highest BCUT2D eigenvalue weighted by Crippen LogP contribution is 2.32. The molecule has 0 saturated heterocycles. The lowest BCUT2D eigenvalue weighted by molar-refractivity contribution is -0.155. The number of carbonyl (C=O) groups excluding carboxylic acids is 1. The first-order valence-corrected chi connectivity index (χ1v) is 6.69. The molecule has 0 aliphatic carbocycles. The van der Waals surface area contributed by atoms with Gasteiger partial charge in [-0.1, -0.05) is 0 Å². The zero-order valence-corrected chi connectivity index (χ0v) is 12.8. The second kappa shape index (κ2) is 6.27. The van der Waals surface area contributed by atoms with Crippen molar-refractivity contribution < 1.29 is 18.0 Å².